The standard InChI is InChI=1S/C12H21N5O/c1-5-9-11(13-3)15-8-16-12(9)17(4)7-10(18)14-6-2/h8H,5-7H2,1-4H3,(H,14,18)(H,13,15,16). The van der Waals surface area contributed by atoms with Crippen LogP contribution in [0.25, 0.3) is 0 Å². The predicted octanol–water partition coefficient (Wildman–Crippen LogP) is 0.653. The molecular weight excluding hydrogens is 230 g/mol. The number of rotatable bonds is 6. The van der Waals surface area contributed by atoms with E-state index in [-0.39, 0.29) is 5.91 Å². The van der Waals surface area contributed by atoms with Crippen molar-refractivity contribution >= 4 is 17.5 Å². The highest BCUT2D eigenvalue weighted by Crippen LogP contribution is 2.22. The SMILES string of the molecule is CCNC(=O)CN(C)c1ncnc(NC)c1CC. The third-order valence-electron chi connectivity index (χ3n) is 2.63. The van der Waals surface area contributed by atoms with Crippen molar-refractivity contribution < 1.29 is 4.79 Å². The zero-order valence-electron chi connectivity index (χ0n) is 11.4. The summed E-state index contributed by atoms with van der Waals surface area (Å²) in [6.07, 6.45) is 2.32. The van der Waals surface area contributed by atoms with E-state index in [1.54, 1.807) is 0 Å². The summed E-state index contributed by atoms with van der Waals surface area (Å²) in [4.78, 5) is 21.9. The van der Waals surface area contributed by atoms with E-state index in [1.807, 2.05) is 32.8 Å². The van der Waals surface area contributed by atoms with E-state index >= 15 is 0 Å². The summed E-state index contributed by atoms with van der Waals surface area (Å²) in [6.45, 7) is 4.88. The van der Waals surface area contributed by atoms with Gasteiger partial charge in [0.05, 0.1) is 6.54 Å². The van der Waals surface area contributed by atoms with Crippen LogP contribution in [0.1, 0.15) is 19.4 Å². The molecule has 1 rings (SSSR count). The quantitative estimate of drug-likeness (QED) is 0.777. The Morgan fingerprint density at radius 3 is 2.67 bits per heavy atom. The maximum Gasteiger partial charge on any atom is 0.239 e. The topological polar surface area (TPSA) is 70.2 Å². The molecule has 0 radical (unpaired) electrons. The van der Waals surface area contributed by atoms with Crippen molar-refractivity contribution in [1.82, 2.24) is 15.3 Å². The highest BCUT2D eigenvalue weighted by molar-refractivity contribution is 5.81. The fourth-order valence-electron chi connectivity index (χ4n) is 1.82. The highest BCUT2D eigenvalue weighted by Gasteiger charge is 2.14. The van der Waals surface area contributed by atoms with E-state index in [2.05, 4.69) is 20.6 Å². The molecule has 0 aliphatic heterocycles. The van der Waals surface area contributed by atoms with Gasteiger partial charge in [-0.3, -0.25) is 4.79 Å². The van der Waals surface area contributed by atoms with Crippen LogP contribution < -0.4 is 15.5 Å². The van der Waals surface area contributed by atoms with Gasteiger partial charge < -0.3 is 15.5 Å². The number of likely N-dealkylation sites (N-methyl/N-ethyl adjacent to an activating group) is 2. The molecule has 0 spiro atoms. The van der Waals surface area contributed by atoms with Gasteiger partial charge in [0.25, 0.3) is 0 Å². The van der Waals surface area contributed by atoms with E-state index in [0.717, 1.165) is 23.6 Å². The van der Waals surface area contributed by atoms with Crippen molar-refractivity contribution in [2.24, 2.45) is 0 Å². The Morgan fingerprint density at radius 2 is 2.11 bits per heavy atom. The first kappa shape index (κ1) is 14.2. The Kier molecular flexibility index (Phi) is 5.35. The number of aromatic nitrogens is 2. The molecule has 0 aliphatic carbocycles. The van der Waals surface area contributed by atoms with Crippen LogP contribution in [-0.2, 0) is 11.2 Å². The second-order valence-electron chi connectivity index (χ2n) is 3.94. The summed E-state index contributed by atoms with van der Waals surface area (Å²) in [5.41, 5.74) is 1.02. The van der Waals surface area contributed by atoms with E-state index in [1.165, 1.54) is 6.33 Å². The van der Waals surface area contributed by atoms with Crippen LogP contribution in [-0.4, -0.2) is 43.1 Å². The number of carbonyl (C=O) groups is 1. The van der Waals surface area contributed by atoms with Gasteiger partial charge in [0, 0.05) is 26.2 Å². The number of anilines is 2. The summed E-state index contributed by atoms with van der Waals surface area (Å²) >= 11 is 0. The van der Waals surface area contributed by atoms with Crippen LogP contribution in [0.5, 0.6) is 0 Å². The Balaban J connectivity index is 2.91. The van der Waals surface area contributed by atoms with Crippen LogP contribution in [0.4, 0.5) is 11.6 Å². The molecule has 0 saturated carbocycles. The van der Waals surface area contributed by atoms with Gasteiger partial charge in [0.15, 0.2) is 0 Å². The number of carbonyl (C=O) groups excluding carboxylic acids is 1. The van der Waals surface area contributed by atoms with E-state index in [9.17, 15) is 4.79 Å². The zero-order chi connectivity index (χ0) is 13.5. The molecule has 1 amide bonds. The van der Waals surface area contributed by atoms with Gasteiger partial charge in [-0.2, -0.15) is 0 Å². The fourth-order valence-corrected chi connectivity index (χ4v) is 1.82. The first-order valence-electron chi connectivity index (χ1n) is 6.13. The van der Waals surface area contributed by atoms with Gasteiger partial charge >= 0.3 is 0 Å². The van der Waals surface area contributed by atoms with Crippen molar-refractivity contribution in [3.05, 3.63) is 11.9 Å². The summed E-state index contributed by atoms with van der Waals surface area (Å²) < 4.78 is 0. The second-order valence-corrected chi connectivity index (χ2v) is 3.94. The lowest BCUT2D eigenvalue weighted by Crippen LogP contribution is -2.35. The fraction of sp³-hybridized carbons (Fsp3) is 0.583. The molecule has 100 valence electrons. The maximum absolute atomic E-state index is 11.6. The second kappa shape index (κ2) is 6.78. The van der Waals surface area contributed by atoms with Crippen LogP contribution in [0.2, 0.25) is 0 Å². The Labute approximate surface area is 108 Å². The normalized spacial score (nSPS) is 10.0. The van der Waals surface area contributed by atoms with Crippen molar-refractivity contribution in [3.63, 3.8) is 0 Å². The number of hydrogen-bond acceptors (Lipinski definition) is 5. The minimum absolute atomic E-state index is 0.00771. The summed E-state index contributed by atoms with van der Waals surface area (Å²) in [5, 5.41) is 5.81. The number of nitrogens with zero attached hydrogens (tertiary/aromatic N) is 3. The minimum atomic E-state index is -0.00771. The van der Waals surface area contributed by atoms with E-state index in [0.29, 0.717) is 13.1 Å². The molecule has 0 bridgehead atoms. The Bertz CT molecular complexity index is 407. The molecule has 0 aromatic carbocycles. The van der Waals surface area contributed by atoms with Gasteiger partial charge in [0.2, 0.25) is 5.91 Å². The maximum atomic E-state index is 11.6. The van der Waals surface area contributed by atoms with Crippen LogP contribution in [0.15, 0.2) is 6.33 Å². The number of amides is 1. The van der Waals surface area contributed by atoms with Crippen LogP contribution in [0, 0.1) is 0 Å². The molecule has 1 heterocycles. The summed E-state index contributed by atoms with van der Waals surface area (Å²) in [7, 11) is 3.69. The van der Waals surface area contributed by atoms with E-state index in [4.69, 9.17) is 0 Å². The predicted molar refractivity (Wildman–Crippen MR) is 72.9 cm³/mol. The van der Waals surface area contributed by atoms with Crippen molar-refractivity contribution in [2.75, 3.05) is 37.4 Å². The van der Waals surface area contributed by atoms with E-state index < -0.39 is 0 Å². The molecule has 1 aromatic rings. The molecule has 0 atom stereocenters. The van der Waals surface area contributed by atoms with Gasteiger partial charge in [-0.1, -0.05) is 6.92 Å². The average molecular weight is 251 g/mol. The third-order valence-corrected chi connectivity index (χ3v) is 2.63. The van der Waals surface area contributed by atoms with Crippen molar-refractivity contribution in [2.45, 2.75) is 20.3 Å². The molecule has 1 aromatic heterocycles. The minimum Gasteiger partial charge on any atom is -0.373 e. The smallest absolute Gasteiger partial charge is 0.239 e. The Morgan fingerprint density at radius 1 is 1.39 bits per heavy atom. The molecule has 2 N–H and O–H groups in total. The summed E-state index contributed by atoms with van der Waals surface area (Å²) in [5.74, 6) is 1.60. The van der Waals surface area contributed by atoms with Crippen molar-refractivity contribution in [1.29, 1.82) is 0 Å². The number of nitrogens with one attached hydrogen (secondary N) is 2. The highest BCUT2D eigenvalue weighted by atomic mass is 16.2. The molecular formula is C12H21N5O. The largest absolute Gasteiger partial charge is 0.373 e. The number of hydrogen-bond donors (Lipinski definition) is 2. The molecule has 18 heavy (non-hydrogen) atoms. The first-order chi connectivity index (χ1) is 8.63. The van der Waals surface area contributed by atoms with Gasteiger partial charge in [-0.15, -0.1) is 0 Å². The molecule has 0 aliphatic rings. The Hall–Kier alpha value is -1.85. The lowest BCUT2D eigenvalue weighted by atomic mass is 10.2. The average Bonchev–Trinajstić information content (AvgIpc) is 2.37. The van der Waals surface area contributed by atoms with Crippen molar-refractivity contribution in [3.8, 4) is 0 Å². The molecule has 6 heteroatoms. The summed E-state index contributed by atoms with van der Waals surface area (Å²) in [6, 6.07) is 0. The zero-order valence-corrected chi connectivity index (χ0v) is 11.4. The lowest BCUT2D eigenvalue weighted by molar-refractivity contribution is -0.119. The van der Waals surface area contributed by atoms with Crippen LogP contribution >= 0.6 is 0 Å². The molecule has 6 nitrogen and oxygen atoms in total. The molecule has 0 fully saturated rings. The van der Waals surface area contributed by atoms with Gasteiger partial charge in [-0.25, -0.2) is 9.97 Å². The van der Waals surface area contributed by atoms with Gasteiger partial charge in [-0.05, 0) is 13.3 Å². The molecule has 0 unspecified atom stereocenters. The molecule has 0 saturated heterocycles. The van der Waals surface area contributed by atoms with Crippen LogP contribution in [0.3, 0.4) is 0 Å². The monoisotopic (exact) mass is 251 g/mol. The van der Waals surface area contributed by atoms with Gasteiger partial charge in [0.1, 0.15) is 18.0 Å². The third kappa shape index (κ3) is 3.32. The first-order valence-corrected chi connectivity index (χ1v) is 6.13. The lowest BCUT2D eigenvalue weighted by Gasteiger charge is -2.21.